The van der Waals surface area contributed by atoms with Crippen LogP contribution in [0.3, 0.4) is 0 Å². The first-order chi connectivity index (χ1) is 21.6. The average Bonchev–Trinajstić information content (AvgIpc) is 3.05. The van der Waals surface area contributed by atoms with E-state index in [1.165, 1.54) is 24.3 Å². The Morgan fingerprint density at radius 1 is 0.556 bits per heavy atom. The van der Waals surface area contributed by atoms with Crippen LogP contribution in [0.5, 0.6) is 0 Å². The minimum Gasteiger partial charge on any atom is -0.478 e. The van der Waals surface area contributed by atoms with Gasteiger partial charge in [0.2, 0.25) is 0 Å². The van der Waals surface area contributed by atoms with Gasteiger partial charge in [-0.25, -0.2) is 44.3 Å². The molecule has 4 aromatic carbocycles. The second kappa shape index (κ2) is 10.1. The number of aromatic nitrogens is 6. The van der Waals surface area contributed by atoms with Gasteiger partial charge in [0, 0.05) is 0 Å². The standard InChI is InChI=1S/C33H24N6O6/c1-4-33(3,5-2)45-32(44)17-8-11-20-23(14-17)39-29-26(36-20)27-24(34-18-9-6-15(30(40)41)12-21(18)37-27)25-28(29)38-22-13-16(31(42)43)7-10-19(22)35-25/h6-14H,4-5H2,1-3H3,(H,40,41)(H,42,43). The van der Waals surface area contributed by atoms with E-state index in [0.29, 0.717) is 84.6 Å². The number of carbonyl (C=O) groups is 3. The van der Waals surface area contributed by atoms with E-state index in [-0.39, 0.29) is 11.1 Å². The third kappa shape index (κ3) is 4.58. The van der Waals surface area contributed by atoms with Crippen molar-refractivity contribution in [3.63, 3.8) is 0 Å². The predicted octanol–water partition coefficient (Wildman–Crippen LogP) is 6.11. The number of hydrogen-bond donors (Lipinski definition) is 2. The summed E-state index contributed by atoms with van der Waals surface area (Å²) in [5.74, 6) is -2.68. The zero-order valence-electron chi connectivity index (χ0n) is 24.3. The first-order valence-electron chi connectivity index (χ1n) is 14.2. The molecule has 45 heavy (non-hydrogen) atoms. The Hall–Kier alpha value is -5.91. The van der Waals surface area contributed by atoms with Crippen molar-refractivity contribution in [2.24, 2.45) is 0 Å². The van der Waals surface area contributed by atoms with E-state index in [1.807, 2.05) is 20.8 Å². The van der Waals surface area contributed by atoms with Gasteiger partial charge in [0.25, 0.3) is 0 Å². The largest absolute Gasteiger partial charge is 0.478 e. The molecule has 0 radical (unpaired) electrons. The summed E-state index contributed by atoms with van der Waals surface area (Å²) in [5.41, 5.74) is 4.25. The van der Waals surface area contributed by atoms with Crippen LogP contribution in [0.2, 0.25) is 0 Å². The van der Waals surface area contributed by atoms with Crippen molar-refractivity contribution in [2.75, 3.05) is 0 Å². The van der Waals surface area contributed by atoms with Gasteiger partial charge in [-0.3, -0.25) is 0 Å². The summed E-state index contributed by atoms with van der Waals surface area (Å²) in [4.78, 5) is 65.3. The van der Waals surface area contributed by atoms with Crippen LogP contribution >= 0.6 is 0 Å². The number of rotatable bonds is 6. The number of esters is 1. The van der Waals surface area contributed by atoms with Crippen molar-refractivity contribution in [2.45, 2.75) is 39.2 Å². The van der Waals surface area contributed by atoms with E-state index in [0.717, 1.165) is 0 Å². The normalized spacial score (nSPS) is 12.1. The van der Waals surface area contributed by atoms with Crippen LogP contribution in [0.15, 0.2) is 54.6 Å². The molecule has 0 spiro atoms. The fourth-order valence-electron chi connectivity index (χ4n) is 5.22. The summed E-state index contributed by atoms with van der Waals surface area (Å²) in [5, 5.41) is 19.1. The smallest absolute Gasteiger partial charge is 0.338 e. The fraction of sp³-hybridized carbons (Fsp3) is 0.182. The zero-order valence-corrected chi connectivity index (χ0v) is 24.3. The average molecular weight is 601 g/mol. The van der Waals surface area contributed by atoms with Gasteiger partial charge in [-0.15, -0.1) is 0 Å². The van der Waals surface area contributed by atoms with Gasteiger partial charge in [-0.2, -0.15) is 0 Å². The molecule has 3 heterocycles. The van der Waals surface area contributed by atoms with E-state index in [2.05, 4.69) is 0 Å². The Morgan fingerprint density at radius 2 is 0.867 bits per heavy atom. The Morgan fingerprint density at radius 3 is 1.20 bits per heavy atom. The van der Waals surface area contributed by atoms with Crippen molar-refractivity contribution < 1.29 is 29.3 Å². The minimum absolute atomic E-state index is 0.0483. The molecule has 0 atom stereocenters. The highest BCUT2D eigenvalue weighted by Crippen LogP contribution is 2.33. The molecule has 0 aliphatic carbocycles. The minimum atomic E-state index is -1.10. The third-order valence-corrected chi connectivity index (χ3v) is 8.23. The van der Waals surface area contributed by atoms with Crippen LogP contribution in [-0.2, 0) is 4.74 Å². The summed E-state index contributed by atoms with van der Waals surface area (Å²) >= 11 is 0. The number of fused-ring (bicyclic) bond motifs is 9. The van der Waals surface area contributed by atoms with Crippen molar-refractivity contribution in [1.82, 2.24) is 29.9 Å². The molecule has 7 rings (SSSR count). The zero-order chi connectivity index (χ0) is 31.6. The molecule has 0 aliphatic heterocycles. The van der Waals surface area contributed by atoms with Crippen molar-refractivity contribution in [3.05, 3.63) is 71.3 Å². The molecule has 12 heteroatoms. The van der Waals surface area contributed by atoms with Gasteiger partial charge in [0.1, 0.15) is 38.7 Å². The molecule has 7 aromatic rings. The van der Waals surface area contributed by atoms with Gasteiger partial charge in [-0.1, -0.05) is 13.8 Å². The van der Waals surface area contributed by atoms with Gasteiger partial charge in [0.15, 0.2) is 0 Å². The molecular formula is C33H24N6O6. The maximum atomic E-state index is 13.1. The molecule has 0 saturated carbocycles. The maximum Gasteiger partial charge on any atom is 0.338 e. The Kier molecular flexibility index (Phi) is 6.25. The van der Waals surface area contributed by atoms with E-state index in [9.17, 15) is 24.6 Å². The number of carboxylic acids is 2. The van der Waals surface area contributed by atoms with E-state index in [4.69, 9.17) is 34.6 Å². The van der Waals surface area contributed by atoms with Crippen molar-refractivity contribution >= 4 is 84.1 Å². The summed E-state index contributed by atoms with van der Waals surface area (Å²) < 4.78 is 5.82. The van der Waals surface area contributed by atoms with Crippen LogP contribution < -0.4 is 0 Å². The Labute approximate surface area is 253 Å². The monoisotopic (exact) mass is 600 g/mol. The highest BCUT2D eigenvalue weighted by molar-refractivity contribution is 6.21. The molecule has 0 aliphatic rings. The van der Waals surface area contributed by atoms with E-state index >= 15 is 0 Å². The van der Waals surface area contributed by atoms with Crippen LogP contribution in [0.25, 0.3) is 66.2 Å². The van der Waals surface area contributed by atoms with Gasteiger partial charge >= 0.3 is 17.9 Å². The molecule has 0 saturated heterocycles. The van der Waals surface area contributed by atoms with E-state index < -0.39 is 23.5 Å². The molecule has 0 unspecified atom stereocenters. The molecule has 0 amide bonds. The molecule has 12 nitrogen and oxygen atoms in total. The van der Waals surface area contributed by atoms with Gasteiger partial charge in [-0.05, 0) is 74.4 Å². The summed E-state index contributed by atoms with van der Waals surface area (Å²) in [7, 11) is 0. The number of hydrogen-bond acceptors (Lipinski definition) is 10. The molecule has 0 bridgehead atoms. The lowest BCUT2D eigenvalue weighted by Crippen LogP contribution is -2.30. The molecule has 0 fully saturated rings. The summed E-state index contributed by atoms with van der Waals surface area (Å²) in [6.07, 6.45) is 1.32. The van der Waals surface area contributed by atoms with Crippen LogP contribution in [0.4, 0.5) is 0 Å². The molecule has 3 aromatic heterocycles. The number of ether oxygens (including phenoxy) is 1. The van der Waals surface area contributed by atoms with E-state index in [1.54, 1.807) is 30.3 Å². The number of carbonyl (C=O) groups excluding carboxylic acids is 1. The topological polar surface area (TPSA) is 178 Å². The third-order valence-electron chi connectivity index (χ3n) is 8.23. The quantitative estimate of drug-likeness (QED) is 0.127. The van der Waals surface area contributed by atoms with Crippen LogP contribution in [0.1, 0.15) is 64.7 Å². The van der Waals surface area contributed by atoms with Crippen molar-refractivity contribution in [3.8, 4) is 0 Å². The van der Waals surface area contributed by atoms with Crippen LogP contribution in [0, 0.1) is 0 Å². The lowest BCUT2D eigenvalue weighted by atomic mass is 10.00. The second-order valence-corrected chi connectivity index (χ2v) is 11.0. The SMILES string of the molecule is CCC(C)(CC)OC(=O)c1ccc2nc3c4nc5cc(C(=O)O)ccc5nc4c4nc5ccc(C(=O)O)cc5nc4c3nc2c1. The number of benzene rings is 4. The highest BCUT2D eigenvalue weighted by atomic mass is 16.6. The predicted molar refractivity (Wildman–Crippen MR) is 167 cm³/mol. The molecular weight excluding hydrogens is 576 g/mol. The summed E-state index contributed by atoms with van der Waals surface area (Å²) in [6, 6.07) is 13.8. The first kappa shape index (κ1) is 27.9. The van der Waals surface area contributed by atoms with Crippen molar-refractivity contribution in [1.29, 1.82) is 0 Å². The Bertz CT molecular complexity index is 2440. The Balaban J connectivity index is 1.56. The molecule has 222 valence electrons. The van der Waals surface area contributed by atoms with Crippen LogP contribution in [-0.4, -0.2) is 63.6 Å². The number of aromatic carboxylic acids is 2. The lowest BCUT2D eigenvalue weighted by molar-refractivity contribution is -0.0131. The van der Waals surface area contributed by atoms with Gasteiger partial charge in [0.05, 0.1) is 49.8 Å². The molecule has 2 N–H and O–H groups in total. The lowest BCUT2D eigenvalue weighted by Gasteiger charge is -2.26. The fourth-order valence-corrected chi connectivity index (χ4v) is 5.22. The number of carboxylic acid groups (broad SMARTS) is 2. The summed E-state index contributed by atoms with van der Waals surface area (Å²) in [6.45, 7) is 5.81. The second-order valence-electron chi connectivity index (χ2n) is 11.0. The van der Waals surface area contributed by atoms with Gasteiger partial charge < -0.3 is 14.9 Å². The maximum absolute atomic E-state index is 13.1. The number of nitrogens with zero attached hydrogens (tertiary/aromatic N) is 6. The first-order valence-corrected chi connectivity index (χ1v) is 14.2. The highest BCUT2D eigenvalue weighted by Gasteiger charge is 2.26.